The highest BCUT2D eigenvalue weighted by Crippen LogP contribution is 2.21. The van der Waals surface area contributed by atoms with E-state index in [1.165, 1.54) is 0 Å². The Labute approximate surface area is 73.0 Å². The molecule has 1 rings (SSSR count). The lowest BCUT2D eigenvalue weighted by molar-refractivity contribution is -0.342. The van der Waals surface area contributed by atoms with Gasteiger partial charge in [0.05, 0.1) is 6.61 Å². The maximum atomic E-state index is 11.7. The molecule has 4 N–H and O–H groups in total. The Bertz CT molecular complexity index is 167. The van der Waals surface area contributed by atoms with Crippen molar-refractivity contribution < 1.29 is 34.6 Å². The fraction of sp³-hybridized carbons (Fsp3) is 1.00. The van der Waals surface area contributed by atoms with Crippen molar-refractivity contribution >= 4 is 0 Å². The van der Waals surface area contributed by atoms with Crippen LogP contribution in [0.4, 0.5) is 4.53 Å². The van der Waals surface area contributed by atoms with Crippen LogP contribution in [-0.4, -0.2) is 57.7 Å². The van der Waals surface area contributed by atoms with Crippen LogP contribution in [0.5, 0.6) is 0 Å². The zero-order chi connectivity index (χ0) is 10.0. The fourth-order valence-electron chi connectivity index (χ4n) is 1.17. The van der Waals surface area contributed by atoms with Gasteiger partial charge in [-0.25, -0.2) is 0 Å². The topological polar surface area (TPSA) is 99.4 Å². The minimum absolute atomic E-state index is 0.589. The predicted molar refractivity (Wildman–Crippen MR) is 36.0 cm³/mol. The number of ether oxygens (including phenoxy) is 1. The molecule has 0 aromatic heterocycles. The standard InChI is InChI=1S/C6H11FO6/c7-13-5-4(10)3(9)2(1-8)12-6(5)11/h2-6,8-11H,1H2/t2-,3-,4+,5-,6?/m1/s1. The van der Waals surface area contributed by atoms with Gasteiger partial charge >= 0.3 is 0 Å². The van der Waals surface area contributed by atoms with Crippen molar-refractivity contribution in [3.63, 3.8) is 0 Å². The highest BCUT2D eigenvalue weighted by Gasteiger charge is 2.45. The van der Waals surface area contributed by atoms with Crippen molar-refractivity contribution in [2.45, 2.75) is 30.7 Å². The van der Waals surface area contributed by atoms with Crippen molar-refractivity contribution in [3.8, 4) is 0 Å². The third-order valence-electron chi connectivity index (χ3n) is 1.95. The van der Waals surface area contributed by atoms with Gasteiger partial charge in [0.2, 0.25) is 0 Å². The second kappa shape index (κ2) is 4.27. The van der Waals surface area contributed by atoms with Gasteiger partial charge in [0.1, 0.15) is 18.3 Å². The van der Waals surface area contributed by atoms with E-state index in [2.05, 4.69) is 9.68 Å². The molecule has 0 aliphatic carbocycles. The van der Waals surface area contributed by atoms with E-state index in [0.29, 0.717) is 0 Å². The van der Waals surface area contributed by atoms with E-state index in [1.807, 2.05) is 0 Å². The number of hydrogen-bond acceptors (Lipinski definition) is 6. The Morgan fingerprint density at radius 1 is 1.23 bits per heavy atom. The lowest BCUT2D eigenvalue weighted by atomic mass is 9.99. The summed E-state index contributed by atoms with van der Waals surface area (Å²) in [7, 11) is 0. The number of aliphatic hydroxyl groups excluding tert-OH is 4. The Morgan fingerprint density at radius 2 is 1.85 bits per heavy atom. The van der Waals surface area contributed by atoms with E-state index in [0.717, 1.165) is 0 Å². The summed E-state index contributed by atoms with van der Waals surface area (Å²) >= 11 is 0. The lowest BCUT2D eigenvalue weighted by Gasteiger charge is -2.37. The third-order valence-corrected chi connectivity index (χ3v) is 1.95. The van der Waals surface area contributed by atoms with Crippen LogP contribution in [0, 0.1) is 0 Å². The summed E-state index contributed by atoms with van der Waals surface area (Å²) in [4.78, 5) is 3.21. The molecule has 1 unspecified atom stereocenters. The van der Waals surface area contributed by atoms with E-state index in [4.69, 9.17) is 20.4 Å². The quantitative estimate of drug-likeness (QED) is 0.398. The van der Waals surface area contributed by atoms with E-state index >= 15 is 0 Å². The first-order valence-electron chi connectivity index (χ1n) is 3.69. The molecule has 1 aliphatic heterocycles. The van der Waals surface area contributed by atoms with Gasteiger partial charge in [-0.1, -0.05) is 0 Å². The molecule has 0 radical (unpaired) electrons. The number of aliphatic hydroxyl groups is 4. The highest BCUT2D eigenvalue weighted by molar-refractivity contribution is 4.88. The largest absolute Gasteiger partial charge is 0.394 e. The van der Waals surface area contributed by atoms with Gasteiger partial charge in [-0.05, 0) is 4.53 Å². The average Bonchev–Trinajstić information content (AvgIpc) is 2.12. The summed E-state index contributed by atoms with van der Waals surface area (Å²) in [5.74, 6) is 0. The molecule has 0 amide bonds. The molecule has 1 aliphatic rings. The third kappa shape index (κ3) is 1.96. The molecule has 13 heavy (non-hydrogen) atoms. The minimum atomic E-state index is -1.71. The molecule has 0 saturated carbocycles. The van der Waals surface area contributed by atoms with Gasteiger partial charge in [0, 0.05) is 0 Å². The second-order valence-electron chi connectivity index (χ2n) is 2.78. The van der Waals surface area contributed by atoms with Crippen LogP contribution in [0.3, 0.4) is 0 Å². The molecular weight excluding hydrogens is 187 g/mol. The number of rotatable bonds is 2. The monoisotopic (exact) mass is 198 g/mol. The lowest BCUT2D eigenvalue weighted by Crippen LogP contribution is -2.58. The van der Waals surface area contributed by atoms with Crippen LogP contribution in [-0.2, 0) is 9.68 Å². The molecule has 1 fully saturated rings. The van der Waals surface area contributed by atoms with Crippen molar-refractivity contribution in [2.75, 3.05) is 6.61 Å². The van der Waals surface area contributed by atoms with Gasteiger partial charge in [0.25, 0.3) is 0 Å². The Kier molecular flexibility index (Phi) is 3.54. The normalized spacial score (nSPS) is 46.4. The van der Waals surface area contributed by atoms with Crippen molar-refractivity contribution in [1.29, 1.82) is 0 Å². The molecule has 7 heteroatoms. The van der Waals surface area contributed by atoms with Crippen LogP contribution < -0.4 is 0 Å². The van der Waals surface area contributed by atoms with Gasteiger partial charge in [-0.15, -0.1) is 0 Å². The van der Waals surface area contributed by atoms with E-state index < -0.39 is 37.3 Å². The molecule has 0 aromatic rings. The van der Waals surface area contributed by atoms with Crippen molar-refractivity contribution in [1.82, 2.24) is 0 Å². The van der Waals surface area contributed by atoms with Crippen LogP contribution in [0.25, 0.3) is 0 Å². The summed E-state index contributed by atoms with van der Waals surface area (Å²) in [5, 5.41) is 35.9. The molecule has 1 heterocycles. The van der Waals surface area contributed by atoms with Crippen LogP contribution in [0.15, 0.2) is 0 Å². The van der Waals surface area contributed by atoms with E-state index in [1.54, 1.807) is 0 Å². The summed E-state index contributed by atoms with van der Waals surface area (Å²) < 4.78 is 16.3. The van der Waals surface area contributed by atoms with Crippen LogP contribution in [0.2, 0.25) is 0 Å². The molecule has 0 aromatic carbocycles. The number of hydrogen-bond donors (Lipinski definition) is 4. The zero-order valence-corrected chi connectivity index (χ0v) is 6.58. The molecule has 0 bridgehead atoms. The second-order valence-corrected chi connectivity index (χ2v) is 2.78. The van der Waals surface area contributed by atoms with E-state index in [9.17, 15) is 4.53 Å². The van der Waals surface area contributed by atoms with Crippen molar-refractivity contribution in [2.24, 2.45) is 0 Å². The first-order valence-corrected chi connectivity index (χ1v) is 3.69. The summed E-state index contributed by atoms with van der Waals surface area (Å²) in [6, 6.07) is 0. The SMILES string of the molecule is OC[C@H]1OC(O)[C@H](OF)[C@@H](O)[C@@H]1O. The maximum absolute atomic E-state index is 11.7. The summed E-state index contributed by atoms with van der Waals surface area (Å²) in [6.45, 7) is -0.589. The van der Waals surface area contributed by atoms with E-state index in [-0.39, 0.29) is 0 Å². The Morgan fingerprint density at radius 3 is 2.31 bits per heavy atom. The first kappa shape index (κ1) is 10.8. The van der Waals surface area contributed by atoms with Gasteiger partial charge in [-0.2, -0.15) is 4.94 Å². The molecule has 1 saturated heterocycles. The summed E-state index contributed by atoms with van der Waals surface area (Å²) in [6.07, 6.45) is -7.63. The van der Waals surface area contributed by atoms with Crippen LogP contribution >= 0.6 is 0 Å². The van der Waals surface area contributed by atoms with Gasteiger partial charge in [0.15, 0.2) is 12.4 Å². The average molecular weight is 198 g/mol. The van der Waals surface area contributed by atoms with Gasteiger partial charge < -0.3 is 25.2 Å². The van der Waals surface area contributed by atoms with Crippen molar-refractivity contribution in [3.05, 3.63) is 0 Å². The first-order chi connectivity index (χ1) is 6.11. The zero-order valence-electron chi connectivity index (χ0n) is 6.58. The molecule has 78 valence electrons. The smallest absolute Gasteiger partial charge is 0.187 e. The highest BCUT2D eigenvalue weighted by atomic mass is 19.3. The van der Waals surface area contributed by atoms with Gasteiger partial charge in [-0.3, -0.25) is 0 Å². The fourth-order valence-corrected chi connectivity index (χ4v) is 1.17. The number of halogens is 1. The molecule has 5 atom stereocenters. The Balaban J connectivity index is 2.66. The summed E-state index contributed by atoms with van der Waals surface area (Å²) in [5.41, 5.74) is 0. The molecular formula is C6H11FO6. The minimum Gasteiger partial charge on any atom is -0.394 e. The van der Waals surface area contributed by atoms with Crippen LogP contribution in [0.1, 0.15) is 0 Å². The Hall–Kier alpha value is -0.310. The maximum Gasteiger partial charge on any atom is 0.187 e. The molecule has 6 nitrogen and oxygen atoms in total. The predicted octanol–water partition coefficient (Wildman–Crippen LogP) is -2.31. The molecule has 0 spiro atoms.